The van der Waals surface area contributed by atoms with Crippen LogP contribution in [-0.4, -0.2) is 11.1 Å². The summed E-state index contributed by atoms with van der Waals surface area (Å²) in [5.74, 6) is 5.03. The van der Waals surface area contributed by atoms with E-state index in [9.17, 15) is 4.79 Å². The van der Waals surface area contributed by atoms with E-state index in [4.69, 9.17) is 5.11 Å². The maximum atomic E-state index is 10.2. The van der Waals surface area contributed by atoms with Crippen LogP contribution < -0.4 is 0 Å². The van der Waals surface area contributed by atoms with Gasteiger partial charge in [0.15, 0.2) is 0 Å². The van der Waals surface area contributed by atoms with Gasteiger partial charge >= 0.3 is 5.97 Å². The van der Waals surface area contributed by atoms with Crippen molar-refractivity contribution in [1.29, 1.82) is 0 Å². The summed E-state index contributed by atoms with van der Waals surface area (Å²) in [5, 5.41) is 8.43. The first kappa shape index (κ1) is 15.2. The molecule has 0 unspecified atom stereocenters. The van der Waals surface area contributed by atoms with Crippen molar-refractivity contribution in [1.82, 2.24) is 0 Å². The number of hydrogen-bond donors (Lipinski definition) is 1. The Balaban J connectivity index is 3.43. The van der Waals surface area contributed by atoms with Crippen molar-refractivity contribution in [3.8, 4) is 11.8 Å². The van der Waals surface area contributed by atoms with E-state index < -0.39 is 5.97 Å². The van der Waals surface area contributed by atoms with Crippen LogP contribution in [0, 0.1) is 11.8 Å². The highest BCUT2D eigenvalue weighted by atomic mass is 16.4. The van der Waals surface area contributed by atoms with E-state index >= 15 is 0 Å². The van der Waals surface area contributed by atoms with Crippen molar-refractivity contribution in [3.63, 3.8) is 0 Å². The summed E-state index contributed by atoms with van der Waals surface area (Å²) >= 11 is 0. The lowest BCUT2D eigenvalue weighted by molar-refractivity contribution is -0.137. The Hall–Kier alpha value is -1.75. The molecule has 0 saturated heterocycles. The van der Waals surface area contributed by atoms with Gasteiger partial charge in [0, 0.05) is 6.42 Å². The number of unbranched alkanes of at least 4 members (excludes halogenated alkanes) is 3. The lowest BCUT2D eigenvalue weighted by Gasteiger charge is -1.94. The third kappa shape index (κ3) is 14.2. The molecule has 0 heterocycles. The zero-order valence-electron chi connectivity index (χ0n) is 10.4. The summed E-state index contributed by atoms with van der Waals surface area (Å²) in [6, 6.07) is 0. The molecule has 1 N–H and O–H groups in total. The van der Waals surface area contributed by atoms with Gasteiger partial charge in [0.25, 0.3) is 0 Å². The molecule has 0 aliphatic rings. The zero-order valence-corrected chi connectivity index (χ0v) is 10.4. The molecule has 2 nitrogen and oxygen atoms in total. The van der Waals surface area contributed by atoms with Gasteiger partial charge in [-0.15, -0.1) is 0 Å². The van der Waals surface area contributed by atoms with Crippen molar-refractivity contribution >= 4 is 5.97 Å². The third-order valence-corrected chi connectivity index (χ3v) is 2.02. The second-order valence-electron chi connectivity index (χ2n) is 3.57. The van der Waals surface area contributed by atoms with E-state index in [1.54, 1.807) is 12.2 Å². The highest BCUT2D eigenvalue weighted by Gasteiger charge is 1.94. The minimum Gasteiger partial charge on any atom is -0.481 e. The molecule has 0 aliphatic heterocycles. The molecule has 0 aromatic carbocycles. The first-order chi connectivity index (χ1) is 8.27. The van der Waals surface area contributed by atoms with Gasteiger partial charge in [-0.3, -0.25) is 4.79 Å². The number of carboxylic acids is 1. The Morgan fingerprint density at radius 2 is 1.88 bits per heavy atom. The highest BCUT2D eigenvalue weighted by Crippen LogP contribution is 2.03. The molecule has 0 aliphatic carbocycles. The highest BCUT2D eigenvalue weighted by molar-refractivity contribution is 5.66. The Bertz CT molecular complexity index is 338. The summed E-state index contributed by atoms with van der Waals surface area (Å²) < 4.78 is 0. The second kappa shape index (κ2) is 12.3. The van der Waals surface area contributed by atoms with Crippen LogP contribution in [0.3, 0.4) is 0 Å². The molecule has 0 rings (SSSR count). The van der Waals surface area contributed by atoms with Crippen LogP contribution in [0.15, 0.2) is 36.5 Å². The molecule has 0 saturated carbocycles. The minimum absolute atomic E-state index is 0.282. The van der Waals surface area contributed by atoms with E-state index in [1.165, 1.54) is 0 Å². The number of carboxylic acid groups (broad SMARTS) is 1. The first-order valence-corrected chi connectivity index (χ1v) is 5.93. The van der Waals surface area contributed by atoms with Gasteiger partial charge in [0.2, 0.25) is 0 Å². The van der Waals surface area contributed by atoms with Crippen molar-refractivity contribution in [2.75, 3.05) is 0 Å². The van der Waals surface area contributed by atoms with Gasteiger partial charge in [-0.05, 0) is 38.3 Å². The molecule has 0 spiro atoms. The molecular weight excluding hydrogens is 212 g/mol. The first-order valence-electron chi connectivity index (χ1n) is 5.93. The molecule has 2 heteroatoms. The Labute approximate surface area is 104 Å². The lowest BCUT2D eigenvalue weighted by atomic mass is 10.1. The van der Waals surface area contributed by atoms with E-state index in [-0.39, 0.29) is 6.42 Å². The van der Waals surface area contributed by atoms with Crippen molar-refractivity contribution in [3.05, 3.63) is 36.5 Å². The minimum atomic E-state index is -0.705. The summed E-state index contributed by atoms with van der Waals surface area (Å²) in [6.07, 6.45) is 15.5. The van der Waals surface area contributed by atoms with Crippen LogP contribution in [0.4, 0.5) is 0 Å². The number of rotatable bonds is 7. The van der Waals surface area contributed by atoms with Gasteiger partial charge in [-0.1, -0.05) is 42.6 Å². The van der Waals surface area contributed by atoms with Crippen molar-refractivity contribution in [2.24, 2.45) is 0 Å². The monoisotopic (exact) mass is 232 g/mol. The number of carbonyl (C=O) groups is 1. The summed E-state index contributed by atoms with van der Waals surface area (Å²) in [7, 11) is 0. The molecule has 17 heavy (non-hydrogen) atoms. The maximum absolute atomic E-state index is 10.2. The van der Waals surface area contributed by atoms with Gasteiger partial charge < -0.3 is 5.11 Å². The largest absolute Gasteiger partial charge is 0.481 e. The van der Waals surface area contributed by atoms with Crippen LogP contribution in [0.1, 0.15) is 39.0 Å². The van der Waals surface area contributed by atoms with Crippen LogP contribution in [0.25, 0.3) is 0 Å². The Kier molecular flexibility index (Phi) is 11.1. The van der Waals surface area contributed by atoms with E-state index in [0.717, 1.165) is 25.7 Å². The SMILES string of the molecule is CC=CC#CC=CC=CCCCCCC(=O)O. The summed E-state index contributed by atoms with van der Waals surface area (Å²) in [5.41, 5.74) is 0. The molecule has 92 valence electrons. The van der Waals surface area contributed by atoms with Crippen LogP contribution in [0.5, 0.6) is 0 Å². The van der Waals surface area contributed by atoms with Gasteiger partial charge in [0.1, 0.15) is 0 Å². The molecule has 0 fully saturated rings. The number of allylic oxidation sites excluding steroid dienone is 6. The van der Waals surface area contributed by atoms with Crippen LogP contribution in [-0.2, 0) is 4.79 Å². The van der Waals surface area contributed by atoms with Crippen LogP contribution in [0.2, 0.25) is 0 Å². The molecular formula is C15H20O2. The quantitative estimate of drug-likeness (QED) is 0.412. The standard InChI is InChI=1S/C15H20O2/c1-2-3-4-5-6-7-8-9-10-11-12-13-14-15(16)17/h2-3,6-9H,10-14H2,1H3,(H,16,17). The molecule has 0 radical (unpaired) electrons. The molecule has 0 aromatic heterocycles. The smallest absolute Gasteiger partial charge is 0.303 e. The lowest BCUT2D eigenvalue weighted by Crippen LogP contribution is -1.93. The van der Waals surface area contributed by atoms with E-state index in [0.29, 0.717) is 0 Å². The van der Waals surface area contributed by atoms with E-state index in [1.807, 2.05) is 25.2 Å². The third-order valence-electron chi connectivity index (χ3n) is 2.02. The van der Waals surface area contributed by atoms with Crippen molar-refractivity contribution < 1.29 is 9.90 Å². The van der Waals surface area contributed by atoms with Crippen molar-refractivity contribution in [2.45, 2.75) is 39.0 Å². The van der Waals surface area contributed by atoms with Crippen LogP contribution >= 0.6 is 0 Å². The predicted molar refractivity (Wildman–Crippen MR) is 71.6 cm³/mol. The number of hydrogen-bond acceptors (Lipinski definition) is 1. The molecule has 0 atom stereocenters. The van der Waals surface area contributed by atoms with Gasteiger partial charge in [0.05, 0.1) is 0 Å². The normalized spacial score (nSPS) is 11.1. The fourth-order valence-corrected chi connectivity index (χ4v) is 1.17. The maximum Gasteiger partial charge on any atom is 0.303 e. The van der Waals surface area contributed by atoms with E-state index in [2.05, 4.69) is 17.9 Å². The average Bonchev–Trinajstić information content (AvgIpc) is 2.30. The Morgan fingerprint density at radius 1 is 1.12 bits per heavy atom. The summed E-state index contributed by atoms with van der Waals surface area (Å²) in [4.78, 5) is 10.2. The molecule has 0 amide bonds. The zero-order chi connectivity index (χ0) is 12.8. The molecule has 0 bridgehead atoms. The predicted octanol–water partition coefficient (Wildman–Crippen LogP) is 3.71. The summed E-state index contributed by atoms with van der Waals surface area (Å²) in [6.45, 7) is 1.93. The fourth-order valence-electron chi connectivity index (χ4n) is 1.17. The molecule has 0 aromatic rings. The Morgan fingerprint density at radius 3 is 2.59 bits per heavy atom. The second-order valence-corrected chi connectivity index (χ2v) is 3.57. The van der Waals surface area contributed by atoms with Gasteiger partial charge in [-0.25, -0.2) is 0 Å². The fraction of sp³-hybridized carbons (Fsp3) is 0.400. The average molecular weight is 232 g/mol. The van der Waals surface area contributed by atoms with Gasteiger partial charge in [-0.2, -0.15) is 0 Å². The topological polar surface area (TPSA) is 37.3 Å². The number of aliphatic carboxylic acids is 1.